The van der Waals surface area contributed by atoms with Crippen LogP contribution in [0.25, 0.3) is 0 Å². The minimum absolute atomic E-state index is 1.00. The van der Waals surface area contributed by atoms with Crippen LogP contribution in [0, 0.1) is 0 Å². The second kappa shape index (κ2) is 5.30. The van der Waals surface area contributed by atoms with Crippen LogP contribution in [0.2, 0.25) is 0 Å². The van der Waals surface area contributed by atoms with Gasteiger partial charge in [-0.05, 0) is 30.5 Å². The van der Waals surface area contributed by atoms with Gasteiger partial charge in [0, 0.05) is 14.7 Å². The summed E-state index contributed by atoms with van der Waals surface area (Å²) in [6, 6.07) is 6.18. The summed E-state index contributed by atoms with van der Waals surface area (Å²) in [6.45, 7) is 0. The molecule has 0 saturated carbocycles. The Hall–Kier alpha value is 0.530. The van der Waals surface area contributed by atoms with Crippen molar-refractivity contribution < 1.29 is 0 Å². The SMILES string of the molecule is Sc1ccc(CCCBr)c(Br)c1. The van der Waals surface area contributed by atoms with Crippen LogP contribution >= 0.6 is 44.5 Å². The van der Waals surface area contributed by atoms with E-state index in [1.54, 1.807) is 0 Å². The number of aryl methyl sites for hydroxylation is 1. The predicted octanol–water partition coefficient (Wildman–Crippen LogP) is 4.07. The van der Waals surface area contributed by atoms with E-state index in [-0.39, 0.29) is 0 Å². The Bertz CT molecular complexity index is 261. The highest BCUT2D eigenvalue weighted by Crippen LogP contribution is 2.21. The second-order valence-electron chi connectivity index (χ2n) is 2.57. The predicted molar refractivity (Wildman–Crippen MR) is 63.5 cm³/mol. The van der Waals surface area contributed by atoms with Gasteiger partial charge in [0.05, 0.1) is 0 Å². The molecule has 0 aliphatic carbocycles. The largest absolute Gasteiger partial charge is 0.143 e. The fraction of sp³-hybridized carbons (Fsp3) is 0.333. The Morgan fingerprint density at radius 1 is 1.33 bits per heavy atom. The Balaban J connectivity index is 2.72. The fourth-order valence-electron chi connectivity index (χ4n) is 0.996. The van der Waals surface area contributed by atoms with Crippen molar-refractivity contribution in [2.24, 2.45) is 0 Å². The molecule has 0 aliphatic rings. The lowest BCUT2D eigenvalue weighted by Gasteiger charge is -2.03. The molecule has 0 saturated heterocycles. The molecule has 0 spiro atoms. The molecule has 0 radical (unpaired) electrons. The number of thiol groups is 1. The quantitative estimate of drug-likeness (QED) is 0.631. The minimum Gasteiger partial charge on any atom is -0.143 e. The molecular weight excluding hydrogens is 300 g/mol. The van der Waals surface area contributed by atoms with Crippen molar-refractivity contribution >= 4 is 44.5 Å². The standard InChI is InChI=1S/C9H10Br2S/c10-5-1-2-7-3-4-8(12)6-9(7)11/h3-4,6,12H,1-2,5H2. The smallest absolute Gasteiger partial charge is 0.0218 e. The highest BCUT2D eigenvalue weighted by atomic mass is 79.9. The molecule has 1 aromatic rings. The first-order valence-corrected chi connectivity index (χ1v) is 6.13. The Morgan fingerprint density at radius 3 is 2.67 bits per heavy atom. The van der Waals surface area contributed by atoms with Gasteiger partial charge in [0.25, 0.3) is 0 Å². The lowest BCUT2D eigenvalue weighted by Crippen LogP contribution is -1.87. The number of rotatable bonds is 3. The zero-order valence-electron chi connectivity index (χ0n) is 6.56. The van der Waals surface area contributed by atoms with E-state index < -0.39 is 0 Å². The highest BCUT2D eigenvalue weighted by Gasteiger charge is 1.98. The fourth-order valence-corrected chi connectivity index (χ4v) is 2.23. The van der Waals surface area contributed by atoms with Gasteiger partial charge in [0.1, 0.15) is 0 Å². The Morgan fingerprint density at radius 2 is 2.08 bits per heavy atom. The van der Waals surface area contributed by atoms with Gasteiger partial charge in [0.15, 0.2) is 0 Å². The summed E-state index contributed by atoms with van der Waals surface area (Å²) in [5.74, 6) is 0. The van der Waals surface area contributed by atoms with Gasteiger partial charge in [0.2, 0.25) is 0 Å². The van der Waals surface area contributed by atoms with Crippen LogP contribution in [0.5, 0.6) is 0 Å². The summed E-state index contributed by atoms with van der Waals surface area (Å²) in [6.07, 6.45) is 2.28. The van der Waals surface area contributed by atoms with Gasteiger partial charge < -0.3 is 0 Å². The average Bonchev–Trinajstić information content (AvgIpc) is 2.03. The van der Waals surface area contributed by atoms with E-state index in [4.69, 9.17) is 0 Å². The van der Waals surface area contributed by atoms with E-state index in [0.717, 1.165) is 21.1 Å². The number of halogens is 2. The first kappa shape index (κ1) is 10.6. The summed E-state index contributed by atoms with van der Waals surface area (Å²) in [5.41, 5.74) is 1.35. The van der Waals surface area contributed by atoms with Gasteiger partial charge >= 0.3 is 0 Å². The summed E-state index contributed by atoms with van der Waals surface area (Å²) in [4.78, 5) is 1.00. The maximum Gasteiger partial charge on any atom is 0.0218 e. The van der Waals surface area contributed by atoms with Crippen LogP contribution in [-0.2, 0) is 6.42 Å². The lowest BCUT2D eigenvalue weighted by atomic mass is 10.1. The topological polar surface area (TPSA) is 0 Å². The van der Waals surface area contributed by atoms with E-state index in [0.29, 0.717) is 0 Å². The van der Waals surface area contributed by atoms with Gasteiger partial charge in [-0.2, -0.15) is 0 Å². The molecule has 66 valence electrons. The molecule has 0 nitrogen and oxygen atoms in total. The third-order valence-corrected chi connectivity index (χ3v) is 3.19. The van der Waals surface area contributed by atoms with Crippen molar-refractivity contribution in [3.05, 3.63) is 28.2 Å². The van der Waals surface area contributed by atoms with Crippen molar-refractivity contribution in [2.75, 3.05) is 5.33 Å². The first-order chi connectivity index (χ1) is 5.74. The molecule has 1 rings (SSSR count). The van der Waals surface area contributed by atoms with Crippen molar-refractivity contribution in [3.8, 4) is 0 Å². The number of alkyl halides is 1. The normalized spacial score (nSPS) is 10.2. The van der Waals surface area contributed by atoms with Crippen LogP contribution in [0.15, 0.2) is 27.6 Å². The zero-order valence-corrected chi connectivity index (χ0v) is 10.6. The number of benzene rings is 1. The molecule has 0 amide bonds. The van der Waals surface area contributed by atoms with E-state index in [1.807, 2.05) is 12.1 Å². The van der Waals surface area contributed by atoms with Crippen LogP contribution in [0.3, 0.4) is 0 Å². The molecule has 1 aromatic carbocycles. The van der Waals surface area contributed by atoms with E-state index in [1.165, 1.54) is 12.0 Å². The molecule has 0 N–H and O–H groups in total. The van der Waals surface area contributed by atoms with Crippen LogP contribution in [0.4, 0.5) is 0 Å². The maximum absolute atomic E-state index is 4.25. The molecule has 12 heavy (non-hydrogen) atoms. The maximum atomic E-state index is 4.25. The van der Waals surface area contributed by atoms with E-state index in [2.05, 4.69) is 50.6 Å². The molecule has 0 unspecified atom stereocenters. The summed E-state index contributed by atoms with van der Waals surface area (Å²) < 4.78 is 1.16. The van der Waals surface area contributed by atoms with Crippen LogP contribution in [-0.4, -0.2) is 5.33 Å². The van der Waals surface area contributed by atoms with E-state index in [9.17, 15) is 0 Å². The van der Waals surface area contributed by atoms with Crippen molar-refractivity contribution in [1.29, 1.82) is 0 Å². The van der Waals surface area contributed by atoms with Crippen LogP contribution in [0.1, 0.15) is 12.0 Å². The van der Waals surface area contributed by atoms with E-state index >= 15 is 0 Å². The summed E-state index contributed by atoms with van der Waals surface area (Å²) >= 11 is 11.2. The second-order valence-corrected chi connectivity index (χ2v) is 4.73. The average molecular weight is 310 g/mol. The monoisotopic (exact) mass is 308 g/mol. The minimum atomic E-state index is 1.00. The molecule has 0 fully saturated rings. The highest BCUT2D eigenvalue weighted by molar-refractivity contribution is 9.10. The lowest BCUT2D eigenvalue weighted by molar-refractivity contribution is 0.932. The molecule has 0 atom stereocenters. The molecule has 0 heterocycles. The van der Waals surface area contributed by atoms with Gasteiger partial charge in [-0.3, -0.25) is 0 Å². The van der Waals surface area contributed by atoms with Crippen molar-refractivity contribution in [1.82, 2.24) is 0 Å². The number of hydrogen-bond donors (Lipinski definition) is 1. The molecule has 0 bridgehead atoms. The Kier molecular flexibility index (Phi) is 4.69. The number of hydrogen-bond acceptors (Lipinski definition) is 1. The van der Waals surface area contributed by atoms with Gasteiger partial charge in [-0.25, -0.2) is 0 Å². The Labute approximate surface area is 95.4 Å². The van der Waals surface area contributed by atoms with Gasteiger partial charge in [-0.15, -0.1) is 12.6 Å². The van der Waals surface area contributed by atoms with Gasteiger partial charge in [-0.1, -0.05) is 37.9 Å². The third-order valence-electron chi connectivity index (χ3n) is 1.62. The molecule has 0 aromatic heterocycles. The molecule has 3 heteroatoms. The summed E-state index contributed by atoms with van der Waals surface area (Å²) in [7, 11) is 0. The zero-order chi connectivity index (χ0) is 8.97. The van der Waals surface area contributed by atoms with Crippen molar-refractivity contribution in [2.45, 2.75) is 17.7 Å². The molecule has 0 aliphatic heterocycles. The summed E-state index contributed by atoms with van der Waals surface area (Å²) in [5, 5.41) is 1.06. The first-order valence-electron chi connectivity index (χ1n) is 3.77. The van der Waals surface area contributed by atoms with Crippen LogP contribution < -0.4 is 0 Å². The molecular formula is C9H10Br2S. The third kappa shape index (κ3) is 3.11. The van der Waals surface area contributed by atoms with Crippen molar-refractivity contribution in [3.63, 3.8) is 0 Å².